The maximum Gasteiger partial charge on any atom is 0.187 e. The molecule has 4 rings (SSSR count). The molecule has 0 bridgehead atoms. The highest BCUT2D eigenvalue weighted by atomic mass is 16.1. The molecular formula is C22H18N4O. The van der Waals surface area contributed by atoms with E-state index in [-0.39, 0.29) is 5.78 Å². The van der Waals surface area contributed by atoms with Gasteiger partial charge in [-0.1, -0.05) is 48.5 Å². The van der Waals surface area contributed by atoms with E-state index in [9.17, 15) is 4.79 Å². The molecule has 2 aromatic heterocycles. The van der Waals surface area contributed by atoms with Gasteiger partial charge in [-0.15, -0.1) is 10.2 Å². The summed E-state index contributed by atoms with van der Waals surface area (Å²) in [7, 11) is 0. The number of Topliss-reactive ketones (excluding diaryl/α,β-unsaturated/α-hetero) is 1. The van der Waals surface area contributed by atoms with Gasteiger partial charge in [-0.05, 0) is 37.6 Å². The van der Waals surface area contributed by atoms with Crippen molar-refractivity contribution in [2.45, 2.75) is 13.8 Å². The minimum absolute atomic E-state index is 0.00227. The van der Waals surface area contributed by atoms with Crippen molar-refractivity contribution >= 4 is 22.9 Å². The number of benzene rings is 2. The molecule has 5 nitrogen and oxygen atoms in total. The van der Waals surface area contributed by atoms with Crippen molar-refractivity contribution < 1.29 is 4.79 Å². The molecule has 0 spiro atoms. The maximum atomic E-state index is 11.6. The second-order valence-corrected chi connectivity index (χ2v) is 6.34. The number of rotatable bonds is 4. The maximum absolute atomic E-state index is 11.6. The van der Waals surface area contributed by atoms with Crippen LogP contribution in [0.4, 0.5) is 11.5 Å². The van der Waals surface area contributed by atoms with Gasteiger partial charge in [-0.3, -0.25) is 9.20 Å². The highest BCUT2D eigenvalue weighted by Gasteiger charge is 2.15. The van der Waals surface area contributed by atoms with Crippen LogP contribution in [-0.2, 0) is 0 Å². The van der Waals surface area contributed by atoms with Gasteiger partial charge in [0.15, 0.2) is 11.6 Å². The number of nitrogens with zero attached hydrogens (tertiary/aromatic N) is 4. The first-order chi connectivity index (χ1) is 13.1. The second kappa shape index (κ2) is 6.96. The zero-order chi connectivity index (χ0) is 18.8. The molecule has 0 unspecified atom stereocenters. The summed E-state index contributed by atoms with van der Waals surface area (Å²) in [6.45, 7) is 3.56. The molecule has 2 aromatic carbocycles. The van der Waals surface area contributed by atoms with Crippen molar-refractivity contribution in [1.29, 1.82) is 0 Å². The summed E-state index contributed by atoms with van der Waals surface area (Å²) >= 11 is 0. The Morgan fingerprint density at radius 3 is 2.56 bits per heavy atom. The number of ketones is 1. The molecule has 0 amide bonds. The largest absolute Gasteiger partial charge is 0.295 e. The number of hydrogen-bond donors (Lipinski definition) is 0. The minimum Gasteiger partial charge on any atom is -0.295 e. The molecule has 4 aromatic rings. The summed E-state index contributed by atoms with van der Waals surface area (Å²) < 4.78 is 1.94. The second-order valence-electron chi connectivity index (χ2n) is 6.34. The van der Waals surface area contributed by atoms with Crippen LogP contribution in [0.15, 0.2) is 83.2 Å². The predicted octanol–water partition coefficient (Wildman–Crippen LogP) is 5.93. The van der Waals surface area contributed by atoms with E-state index in [2.05, 4.69) is 10.2 Å². The van der Waals surface area contributed by atoms with E-state index in [1.807, 2.05) is 72.1 Å². The van der Waals surface area contributed by atoms with Gasteiger partial charge in [0.05, 0.1) is 5.69 Å². The van der Waals surface area contributed by atoms with Crippen LogP contribution >= 0.6 is 0 Å². The zero-order valence-corrected chi connectivity index (χ0v) is 15.1. The first-order valence-corrected chi connectivity index (χ1v) is 8.69. The molecule has 5 heteroatoms. The molecule has 27 heavy (non-hydrogen) atoms. The molecule has 0 aliphatic rings. The first-order valence-electron chi connectivity index (χ1n) is 8.69. The Hall–Kier alpha value is -3.60. The molecule has 0 saturated carbocycles. The van der Waals surface area contributed by atoms with Crippen LogP contribution in [0, 0.1) is 6.92 Å². The topological polar surface area (TPSA) is 59.1 Å². The molecule has 0 aliphatic heterocycles. The predicted molar refractivity (Wildman–Crippen MR) is 106 cm³/mol. The van der Waals surface area contributed by atoms with Gasteiger partial charge in [0.1, 0.15) is 11.3 Å². The molecule has 0 saturated heterocycles. The van der Waals surface area contributed by atoms with Crippen molar-refractivity contribution in [1.82, 2.24) is 9.38 Å². The van der Waals surface area contributed by atoms with Gasteiger partial charge < -0.3 is 0 Å². The Morgan fingerprint density at radius 2 is 1.78 bits per heavy atom. The van der Waals surface area contributed by atoms with Crippen LogP contribution in [0.2, 0.25) is 0 Å². The lowest BCUT2D eigenvalue weighted by atomic mass is 10.1. The standard InChI is InChI=1S/C22H18N4O/c1-15-8-7-13-26-21(15)23-20(17-9-4-3-5-10-17)22(26)25-24-19-12-6-11-18(14-19)16(2)27/h3-14H,1-2H3. The van der Waals surface area contributed by atoms with Gasteiger partial charge in [0.25, 0.3) is 0 Å². The van der Waals surface area contributed by atoms with Gasteiger partial charge in [-0.2, -0.15) is 0 Å². The number of carbonyl (C=O) groups excluding carboxylic acids is 1. The molecule has 0 fully saturated rings. The highest BCUT2D eigenvalue weighted by molar-refractivity contribution is 5.94. The molecule has 0 aliphatic carbocycles. The fraction of sp³-hybridized carbons (Fsp3) is 0.0909. The summed E-state index contributed by atoms with van der Waals surface area (Å²) in [5.74, 6) is 0.663. The highest BCUT2D eigenvalue weighted by Crippen LogP contribution is 2.33. The van der Waals surface area contributed by atoms with Crippen molar-refractivity contribution in [2.75, 3.05) is 0 Å². The van der Waals surface area contributed by atoms with Crippen LogP contribution in [0.1, 0.15) is 22.8 Å². The van der Waals surface area contributed by atoms with E-state index >= 15 is 0 Å². The molecule has 132 valence electrons. The van der Waals surface area contributed by atoms with Crippen LogP contribution < -0.4 is 0 Å². The van der Waals surface area contributed by atoms with Crippen molar-refractivity contribution in [3.05, 3.63) is 84.1 Å². The van der Waals surface area contributed by atoms with E-state index in [1.54, 1.807) is 12.1 Å². The average Bonchev–Trinajstić information content (AvgIpc) is 3.07. The number of aromatic nitrogens is 2. The summed E-state index contributed by atoms with van der Waals surface area (Å²) in [6, 6.07) is 21.1. The molecular weight excluding hydrogens is 336 g/mol. The van der Waals surface area contributed by atoms with Gasteiger partial charge >= 0.3 is 0 Å². The van der Waals surface area contributed by atoms with Crippen LogP contribution in [0.25, 0.3) is 16.9 Å². The van der Waals surface area contributed by atoms with E-state index < -0.39 is 0 Å². The van der Waals surface area contributed by atoms with E-state index in [4.69, 9.17) is 4.98 Å². The van der Waals surface area contributed by atoms with Crippen molar-refractivity contribution in [3.8, 4) is 11.3 Å². The number of imidazole rings is 1. The number of azo groups is 1. The monoisotopic (exact) mass is 354 g/mol. The number of carbonyl (C=O) groups is 1. The molecule has 0 radical (unpaired) electrons. The van der Waals surface area contributed by atoms with Gasteiger partial charge in [0.2, 0.25) is 0 Å². The fourth-order valence-corrected chi connectivity index (χ4v) is 2.97. The zero-order valence-electron chi connectivity index (χ0n) is 15.1. The van der Waals surface area contributed by atoms with Crippen LogP contribution in [0.3, 0.4) is 0 Å². The third-order valence-corrected chi connectivity index (χ3v) is 4.38. The number of hydrogen-bond acceptors (Lipinski definition) is 4. The third-order valence-electron chi connectivity index (χ3n) is 4.38. The minimum atomic E-state index is 0.00227. The SMILES string of the molecule is CC(=O)c1cccc(N=Nc2c(-c3ccccc3)nc3c(C)cccn23)c1. The molecule has 2 heterocycles. The van der Waals surface area contributed by atoms with Gasteiger partial charge in [-0.25, -0.2) is 4.98 Å². The molecule has 0 atom stereocenters. The Balaban J connectivity index is 1.86. The van der Waals surface area contributed by atoms with Gasteiger partial charge in [0, 0.05) is 17.3 Å². The lowest BCUT2D eigenvalue weighted by molar-refractivity contribution is 0.101. The fourth-order valence-electron chi connectivity index (χ4n) is 2.97. The summed E-state index contributed by atoms with van der Waals surface area (Å²) in [5, 5.41) is 8.87. The Labute approximate surface area is 157 Å². The summed E-state index contributed by atoms with van der Waals surface area (Å²) in [5.41, 5.74) is 4.91. The lowest BCUT2D eigenvalue weighted by Crippen LogP contribution is -1.89. The number of pyridine rings is 1. The average molecular weight is 354 g/mol. The van der Waals surface area contributed by atoms with Crippen LogP contribution in [-0.4, -0.2) is 15.2 Å². The Bertz CT molecular complexity index is 1160. The van der Waals surface area contributed by atoms with E-state index in [0.29, 0.717) is 17.1 Å². The number of aryl methyl sites for hydroxylation is 1. The quantitative estimate of drug-likeness (QED) is 0.337. The first kappa shape index (κ1) is 16.8. The number of fused-ring (bicyclic) bond motifs is 1. The Kier molecular flexibility index (Phi) is 4.34. The summed E-state index contributed by atoms with van der Waals surface area (Å²) in [4.78, 5) is 16.4. The van der Waals surface area contributed by atoms with Crippen molar-refractivity contribution in [3.63, 3.8) is 0 Å². The van der Waals surface area contributed by atoms with Crippen LogP contribution in [0.5, 0.6) is 0 Å². The summed E-state index contributed by atoms with van der Waals surface area (Å²) in [6.07, 6.45) is 1.93. The normalized spacial score (nSPS) is 11.3. The Morgan fingerprint density at radius 1 is 0.963 bits per heavy atom. The van der Waals surface area contributed by atoms with Crippen molar-refractivity contribution in [2.24, 2.45) is 10.2 Å². The van der Waals surface area contributed by atoms with E-state index in [0.717, 1.165) is 22.5 Å². The van der Waals surface area contributed by atoms with E-state index in [1.165, 1.54) is 6.92 Å². The molecule has 0 N–H and O–H groups in total. The lowest BCUT2D eigenvalue weighted by Gasteiger charge is -2.01. The smallest absolute Gasteiger partial charge is 0.187 e. The third kappa shape index (κ3) is 3.27.